The van der Waals surface area contributed by atoms with Gasteiger partial charge in [0, 0.05) is 46.5 Å². The predicted molar refractivity (Wildman–Crippen MR) is 108 cm³/mol. The first-order chi connectivity index (χ1) is 14.1. The SMILES string of the molecule is NC(=O)c1nn(-c2ccc(F)cc2)c2c1cc(-c1cccnc1)c1cnccc12. The molecule has 29 heavy (non-hydrogen) atoms. The van der Waals surface area contributed by atoms with Crippen molar-refractivity contribution < 1.29 is 9.18 Å². The number of aromatic nitrogens is 4. The lowest BCUT2D eigenvalue weighted by atomic mass is 9.97. The lowest BCUT2D eigenvalue weighted by Gasteiger charge is -2.10. The van der Waals surface area contributed by atoms with Crippen LogP contribution in [0.4, 0.5) is 4.39 Å². The summed E-state index contributed by atoms with van der Waals surface area (Å²) in [7, 11) is 0. The van der Waals surface area contributed by atoms with Crippen LogP contribution >= 0.6 is 0 Å². The van der Waals surface area contributed by atoms with E-state index in [0.29, 0.717) is 16.6 Å². The molecule has 0 unspecified atom stereocenters. The second-order valence-corrected chi connectivity index (χ2v) is 6.58. The number of nitrogens with two attached hydrogens (primary N) is 1. The van der Waals surface area contributed by atoms with Crippen LogP contribution in [-0.2, 0) is 0 Å². The summed E-state index contributed by atoms with van der Waals surface area (Å²) in [5.41, 5.74) is 8.86. The molecule has 0 fully saturated rings. The summed E-state index contributed by atoms with van der Waals surface area (Å²) in [6.45, 7) is 0. The van der Waals surface area contributed by atoms with Gasteiger partial charge in [0.1, 0.15) is 5.82 Å². The number of nitrogens with zero attached hydrogens (tertiary/aromatic N) is 4. The minimum absolute atomic E-state index is 0.146. The van der Waals surface area contributed by atoms with E-state index in [0.717, 1.165) is 21.9 Å². The topological polar surface area (TPSA) is 86.7 Å². The maximum absolute atomic E-state index is 13.4. The molecule has 2 aromatic carbocycles. The molecule has 6 nitrogen and oxygen atoms in total. The lowest BCUT2D eigenvalue weighted by molar-refractivity contribution is 0.0996. The zero-order valence-electron chi connectivity index (χ0n) is 15.1. The fourth-order valence-corrected chi connectivity index (χ4v) is 3.58. The number of pyridine rings is 2. The molecule has 0 aliphatic carbocycles. The number of hydrogen-bond donors (Lipinski definition) is 1. The van der Waals surface area contributed by atoms with Crippen LogP contribution in [0, 0.1) is 5.82 Å². The van der Waals surface area contributed by atoms with Crippen LogP contribution in [-0.4, -0.2) is 25.7 Å². The number of benzene rings is 2. The van der Waals surface area contributed by atoms with E-state index in [1.807, 2.05) is 24.3 Å². The van der Waals surface area contributed by atoms with Crippen molar-refractivity contribution in [2.45, 2.75) is 0 Å². The van der Waals surface area contributed by atoms with Crippen LogP contribution < -0.4 is 5.73 Å². The van der Waals surface area contributed by atoms with E-state index in [2.05, 4.69) is 15.1 Å². The molecule has 0 saturated carbocycles. The van der Waals surface area contributed by atoms with E-state index < -0.39 is 5.91 Å². The van der Waals surface area contributed by atoms with Gasteiger partial charge in [-0.2, -0.15) is 5.10 Å². The van der Waals surface area contributed by atoms with Crippen molar-refractivity contribution in [3.63, 3.8) is 0 Å². The van der Waals surface area contributed by atoms with Gasteiger partial charge < -0.3 is 5.73 Å². The van der Waals surface area contributed by atoms with Gasteiger partial charge in [-0.3, -0.25) is 14.8 Å². The molecule has 3 aromatic heterocycles. The molecule has 7 heteroatoms. The van der Waals surface area contributed by atoms with Gasteiger partial charge in [0.2, 0.25) is 0 Å². The van der Waals surface area contributed by atoms with Crippen molar-refractivity contribution >= 4 is 27.6 Å². The maximum atomic E-state index is 13.4. The van der Waals surface area contributed by atoms with E-state index in [1.54, 1.807) is 41.6 Å². The standard InChI is InChI=1S/C22H14FN5O/c23-14-3-5-15(6-4-14)28-21-16-7-9-26-12-19(16)17(13-2-1-8-25-11-13)10-18(21)20(27-28)22(24)29/h1-12H,(H2,24,29). The van der Waals surface area contributed by atoms with Crippen LogP contribution in [0.5, 0.6) is 0 Å². The predicted octanol–water partition coefficient (Wildman–Crippen LogP) is 3.87. The Hall–Kier alpha value is -4.13. The summed E-state index contributed by atoms with van der Waals surface area (Å²) in [5.74, 6) is -0.991. The number of carbonyl (C=O) groups is 1. The van der Waals surface area contributed by atoms with Gasteiger partial charge in [0.15, 0.2) is 5.69 Å². The third kappa shape index (κ3) is 2.71. The lowest BCUT2D eigenvalue weighted by Crippen LogP contribution is -2.12. The number of fused-ring (bicyclic) bond motifs is 3. The van der Waals surface area contributed by atoms with E-state index in [9.17, 15) is 9.18 Å². The van der Waals surface area contributed by atoms with E-state index >= 15 is 0 Å². The normalized spacial score (nSPS) is 11.2. The Morgan fingerprint density at radius 2 is 1.72 bits per heavy atom. The van der Waals surface area contributed by atoms with Crippen molar-refractivity contribution in [3.8, 4) is 16.8 Å². The van der Waals surface area contributed by atoms with Crippen LogP contribution in [0.15, 0.2) is 73.3 Å². The van der Waals surface area contributed by atoms with E-state index in [-0.39, 0.29) is 11.5 Å². The third-order valence-corrected chi connectivity index (χ3v) is 4.85. The highest BCUT2D eigenvalue weighted by Crippen LogP contribution is 2.36. The molecule has 3 heterocycles. The Morgan fingerprint density at radius 3 is 2.45 bits per heavy atom. The Balaban J connectivity index is 1.94. The fourth-order valence-electron chi connectivity index (χ4n) is 3.58. The molecule has 2 N–H and O–H groups in total. The molecule has 5 rings (SSSR count). The van der Waals surface area contributed by atoms with Crippen molar-refractivity contribution in [1.82, 2.24) is 19.7 Å². The second-order valence-electron chi connectivity index (χ2n) is 6.58. The zero-order valence-corrected chi connectivity index (χ0v) is 15.1. The molecule has 0 aliphatic rings. The third-order valence-electron chi connectivity index (χ3n) is 4.85. The largest absolute Gasteiger partial charge is 0.364 e. The van der Waals surface area contributed by atoms with Gasteiger partial charge in [-0.1, -0.05) is 6.07 Å². The summed E-state index contributed by atoms with van der Waals surface area (Å²) >= 11 is 0. The van der Waals surface area contributed by atoms with Gasteiger partial charge in [-0.05, 0) is 48.0 Å². The first-order valence-corrected chi connectivity index (χ1v) is 8.89. The summed E-state index contributed by atoms with van der Waals surface area (Å²) in [6, 6.07) is 13.4. The first-order valence-electron chi connectivity index (χ1n) is 8.89. The Morgan fingerprint density at radius 1 is 0.931 bits per heavy atom. The van der Waals surface area contributed by atoms with Crippen molar-refractivity contribution in [2.75, 3.05) is 0 Å². The van der Waals surface area contributed by atoms with Crippen LogP contribution in [0.3, 0.4) is 0 Å². The molecular formula is C22H14FN5O. The minimum atomic E-state index is -0.638. The molecule has 0 radical (unpaired) electrons. The highest BCUT2D eigenvalue weighted by Gasteiger charge is 2.21. The quantitative estimate of drug-likeness (QED) is 0.512. The second kappa shape index (κ2) is 6.49. The van der Waals surface area contributed by atoms with Gasteiger partial charge >= 0.3 is 0 Å². The van der Waals surface area contributed by atoms with Crippen molar-refractivity contribution in [3.05, 3.63) is 84.8 Å². The fraction of sp³-hybridized carbons (Fsp3) is 0. The summed E-state index contributed by atoms with van der Waals surface area (Å²) < 4.78 is 15.0. The van der Waals surface area contributed by atoms with Crippen molar-refractivity contribution in [1.29, 1.82) is 0 Å². The number of halogens is 1. The van der Waals surface area contributed by atoms with Crippen LogP contribution in [0.2, 0.25) is 0 Å². The van der Waals surface area contributed by atoms with Gasteiger partial charge in [-0.15, -0.1) is 0 Å². The number of carbonyl (C=O) groups excluding carboxylic acids is 1. The van der Waals surface area contributed by atoms with E-state index in [1.165, 1.54) is 12.1 Å². The molecule has 5 aromatic rings. The smallest absolute Gasteiger partial charge is 0.269 e. The molecule has 0 spiro atoms. The number of hydrogen-bond acceptors (Lipinski definition) is 4. The average molecular weight is 383 g/mol. The molecule has 0 saturated heterocycles. The number of primary amides is 1. The van der Waals surface area contributed by atoms with Gasteiger partial charge in [0.25, 0.3) is 5.91 Å². The molecule has 0 bridgehead atoms. The minimum Gasteiger partial charge on any atom is -0.364 e. The highest BCUT2D eigenvalue weighted by molar-refractivity contribution is 6.17. The maximum Gasteiger partial charge on any atom is 0.269 e. The monoisotopic (exact) mass is 383 g/mol. The van der Waals surface area contributed by atoms with E-state index in [4.69, 9.17) is 5.73 Å². The Labute approximate surface area is 164 Å². The highest BCUT2D eigenvalue weighted by atomic mass is 19.1. The average Bonchev–Trinajstić information content (AvgIpc) is 3.14. The number of amides is 1. The summed E-state index contributed by atoms with van der Waals surface area (Å²) in [4.78, 5) is 20.6. The number of rotatable bonds is 3. The van der Waals surface area contributed by atoms with Crippen molar-refractivity contribution in [2.24, 2.45) is 5.73 Å². The molecule has 0 aliphatic heterocycles. The molecule has 1 amide bonds. The van der Waals surface area contributed by atoms with Gasteiger partial charge in [-0.25, -0.2) is 9.07 Å². The first kappa shape index (κ1) is 17.0. The molecule has 140 valence electrons. The van der Waals surface area contributed by atoms with Crippen LogP contribution in [0.25, 0.3) is 38.5 Å². The van der Waals surface area contributed by atoms with Gasteiger partial charge in [0.05, 0.1) is 11.2 Å². The summed E-state index contributed by atoms with van der Waals surface area (Å²) in [5, 5.41) is 6.80. The summed E-state index contributed by atoms with van der Waals surface area (Å²) in [6.07, 6.45) is 6.90. The Bertz CT molecular complexity index is 1380. The van der Waals surface area contributed by atoms with Crippen LogP contribution in [0.1, 0.15) is 10.5 Å². The molecular weight excluding hydrogens is 369 g/mol. The zero-order chi connectivity index (χ0) is 20.0. The molecule has 0 atom stereocenters. The Kier molecular flexibility index (Phi) is 3.80.